The third-order valence-electron chi connectivity index (χ3n) is 7.78. The molecule has 226 valence electrons. The maximum atomic E-state index is 13.6. The third kappa shape index (κ3) is 6.34. The quantitative estimate of drug-likeness (QED) is 0.298. The first-order valence-corrected chi connectivity index (χ1v) is 14.7. The van der Waals surface area contributed by atoms with Crippen LogP contribution in [0.4, 0.5) is 11.6 Å². The summed E-state index contributed by atoms with van der Waals surface area (Å²) < 4.78 is 8.03. The lowest BCUT2D eigenvalue weighted by Gasteiger charge is -2.25. The van der Waals surface area contributed by atoms with Crippen molar-refractivity contribution in [3.8, 4) is 0 Å². The number of hydrogen-bond donors (Lipinski definition) is 0. The summed E-state index contributed by atoms with van der Waals surface area (Å²) in [4.78, 5) is 69.2. The second kappa shape index (κ2) is 13.2. The number of anilines is 1. The number of carbonyl (C=O) groups is 2. The number of amides is 2. The molecule has 2 amide bonds. The Bertz CT molecular complexity index is 1640. The summed E-state index contributed by atoms with van der Waals surface area (Å²) >= 11 is 0. The van der Waals surface area contributed by atoms with Gasteiger partial charge < -0.3 is 9.64 Å². The Morgan fingerprint density at radius 3 is 2.51 bits per heavy atom. The van der Waals surface area contributed by atoms with Gasteiger partial charge in [0.15, 0.2) is 0 Å². The second-order valence-corrected chi connectivity index (χ2v) is 10.8. The number of rotatable bonds is 12. The summed E-state index contributed by atoms with van der Waals surface area (Å²) in [6.45, 7) is 6.35. The van der Waals surface area contributed by atoms with Crippen molar-refractivity contribution in [2.45, 2.75) is 59.0 Å². The van der Waals surface area contributed by atoms with Crippen molar-refractivity contribution < 1.29 is 14.3 Å². The molecule has 0 aliphatic carbocycles. The number of aryl methyl sites for hydroxylation is 1. The monoisotopic (exact) mass is 587 g/mol. The standard InChI is InChI=1S/C31H37N7O5/c1-4-12-38-30(41)24-18-25(34-28(24)37(31(38)42)14-6-17-43-3)22-10-11-26(33-19-22)36(16-15-35-13-5-7-27(35)39)29(40)23-9-8-21(2)32-20-23/h8-11,19-20H,4-7,12-18H2,1-3H3. The van der Waals surface area contributed by atoms with Crippen molar-refractivity contribution in [2.24, 2.45) is 4.99 Å². The van der Waals surface area contributed by atoms with Crippen LogP contribution in [0.15, 0.2) is 51.2 Å². The molecule has 5 heterocycles. The number of fused-ring (bicyclic) bond motifs is 1. The lowest BCUT2D eigenvalue weighted by molar-refractivity contribution is -0.127. The largest absolute Gasteiger partial charge is 0.385 e. The predicted octanol–water partition coefficient (Wildman–Crippen LogP) is 2.50. The average Bonchev–Trinajstić information content (AvgIpc) is 3.64. The maximum Gasteiger partial charge on any atom is 0.332 e. The fraction of sp³-hybridized carbons (Fsp3) is 0.452. The number of carbonyl (C=O) groups excluding carboxylic acids is 2. The van der Waals surface area contributed by atoms with Gasteiger partial charge in [-0.1, -0.05) is 6.92 Å². The summed E-state index contributed by atoms with van der Waals surface area (Å²) in [5, 5.41) is 0. The van der Waals surface area contributed by atoms with Crippen molar-refractivity contribution in [2.75, 3.05) is 38.3 Å². The highest BCUT2D eigenvalue weighted by Crippen LogP contribution is 2.26. The van der Waals surface area contributed by atoms with Gasteiger partial charge in [-0.05, 0) is 50.5 Å². The van der Waals surface area contributed by atoms with Crippen LogP contribution in [0.2, 0.25) is 0 Å². The van der Waals surface area contributed by atoms with Gasteiger partial charge in [-0.25, -0.2) is 14.8 Å². The van der Waals surface area contributed by atoms with Gasteiger partial charge in [-0.3, -0.25) is 33.4 Å². The molecule has 0 N–H and O–H groups in total. The maximum absolute atomic E-state index is 13.6. The summed E-state index contributed by atoms with van der Waals surface area (Å²) in [6.07, 6.45) is 6.06. The lowest BCUT2D eigenvalue weighted by atomic mass is 10.1. The third-order valence-corrected chi connectivity index (χ3v) is 7.78. The van der Waals surface area contributed by atoms with Gasteiger partial charge in [0.05, 0.1) is 16.8 Å². The van der Waals surface area contributed by atoms with E-state index in [0.717, 1.165) is 12.1 Å². The number of aromatic nitrogens is 4. The number of methoxy groups -OCH3 is 1. The average molecular weight is 588 g/mol. The number of pyridine rings is 2. The zero-order valence-electron chi connectivity index (χ0n) is 24.9. The number of aliphatic imine (C=N–C) groups is 1. The number of likely N-dealkylation sites (tertiary alicyclic amines) is 1. The van der Waals surface area contributed by atoms with Crippen LogP contribution in [0.1, 0.15) is 59.8 Å². The van der Waals surface area contributed by atoms with E-state index in [0.29, 0.717) is 86.1 Å². The lowest BCUT2D eigenvalue weighted by Crippen LogP contribution is -2.41. The number of nitrogens with zero attached hydrogens (tertiary/aromatic N) is 7. The second-order valence-electron chi connectivity index (χ2n) is 10.8. The fourth-order valence-electron chi connectivity index (χ4n) is 5.47. The van der Waals surface area contributed by atoms with E-state index in [9.17, 15) is 19.2 Å². The van der Waals surface area contributed by atoms with Gasteiger partial charge in [-0.2, -0.15) is 0 Å². The molecule has 12 heteroatoms. The molecule has 0 spiro atoms. The van der Waals surface area contributed by atoms with Gasteiger partial charge in [0.2, 0.25) is 5.91 Å². The van der Waals surface area contributed by atoms with Crippen molar-refractivity contribution in [1.29, 1.82) is 0 Å². The van der Waals surface area contributed by atoms with Gasteiger partial charge >= 0.3 is 5.69 Å². The minimum Gasteiger partial charge on any atom is -0.385 e. The Morgan fingerprint density at radius 2 is 1.86 bits per heavy atom. The predicted molar refractivity (Wildman–Crippen MR) is 162 cm³/mol. The Balaban J connectivity index is 1.44. The molecule has 0 radical (unpaired) electrons. The molecule has 2 aliphatic rings. The Morgan fingerprint density at radius 1 is 1.02 bits per heavy atom. The first kappa shape index (κ1) is 30.0. The number of hydrogen-bond acceptors (Lipinski definition) is 8. The first-order chi connectivity index (χ1) is 20.8. The van der Waals surface area contributed by atoms with E-state index in [-0.39, 0.29) is 36.0 Å². The molecular weight excluding hydrogens is 550 g/mol. The molecular formula is C31H37N7O5. The number of ether oxygens (including phenoxy) is 1. The van der Waals surface area contributed by atoms with E-state index >= 15 is 0 Å². The normalized spacial score (nSPS) is 14.3. The van der Waals surface area contributed by atoms with Gasteiger partial charge in [0.1, 0.15) is 11.6 Å². The Kier molecular flexibility index (Phi) is 9.24. The van der Waals surface area contributed by atoms with Crippen LogP contribution < -0.4 is 16.1 Å². The molecule has 43 heavy (non-hydrogen) atoms. The van der Waals surface area contributed by atoms with Crippen molar-refractivity contribution in [3.63, 3.8) is 0 Å². The SMILES string of the molecule is CCCn1c(=O)c2c(n(CCCOC)c1=O)N=C(c1ccc(N(CCN3CCCC3=O)C(=O)c3ccc(C)nc3)nc1)C2. The highest BCUT2D eigenvalue weighted by atomic mass is 16.5. The minimum absolute atomic E-state index is 0.0882. The van der Waals surface area contributed by atoms with Crippen LogP contribution >= 0.6 is 0 Å². The van der Waals surface area contributed by atoms with E-state index in [4.69, 9.17) is 9.73 Å². The van der Waals surface area contributed by atoms with Crippen LogP contribution in [0, 0.1) is 6.92 Å². The molecule has 12 nitrogen and oxygen atoms in total. The van der Waals surface area contributed by atoms with E-state index < -0.39 is 0 Å². The smallest absolute Gasteiger partial charge is 0.332 e. The van der Waals surface area contributed by atoms with Crippen LogP contribution in [0.3, 0.4) is 0 Å². The van der Waals surface area contributed by atoms with Crippen LogP contribution in [-0.2, 0) is 29.0 Å². The summed E-state index contributed by atoms with van der Waals surface area (Å²) in [5.74, 6) is 0.641. The molecule has 2 aliphatic heterocycles. The molecule has 0 unspecified atom stereocenters. The zero-order chi connectivity index (χ0) is 30.5. The Hall–Kier alpha value is -4.45. The van der Waals surface area contributed by atoms with Crippen LogP contribution in [-0.4, -0.2) is 74.9 Å². The van der Waals surface area contributed by atoms with E-state index in [2.05, 4.69) is 9.97 Å². The molecule has 3 aromatic heterocycles. The van der Waals surface area contributed by atoms with Gasteiger partial charge in [0.25, 0.3) is 11.5 Å². The van der Waals surface area contributed by atoms with E-state index in [1.165, 1.54) is 4.57 Å². The molecule has 1 saturated heterocycles. The molecule has 1 fully saturated rings. The van der Waals surface area contributed by atoms with Gasteiger partial charge in [0, 0.05) is 82.9 Å². The van der Waals surface area contributed by atoms with Crippen LogP contribution in [0.5, 0.6) is 0 Å². The molecule has 3 aromatic rings. The summed E-state index contributed by atoms with van der Waals surface area (Å²) in [7, 11) is 1.61. The van der Waals surface area contributed by atoms with Crippen molar-refractivity contribution >= 4 is 29.2 Å². The topological polar surface area (TPSA) is 132 Å². The highest BCUT2D eigenvalue weighted by Gasteiger charge is 2.27. The van der Waals surface area contributed by atoms with Crippen molar-refractivity contribution in [3.05, 3.63) is 79.9 Å². The van der Waals surface area contributed by atoms with E-state index in [1.807, 2.05) is 19.9 Å². The minimum atomic E-state index is -0.364. The van der Waals surface area contributed by atoms with Gasteiger partial charge in [-0.15, -0.1) is 0 Å². The summed E-state index contributed by atoms with van der Waals surface area (Å²) in [6, 6.07) is 7.08. The molecule has 0 saturated carbocycles. The zero-order valence-corrected chi connectivity index (χ0v) is 24.9. The Labute approximate surface area is 249 Å². The fourth-order valence-corrected chi connectivity index (χ4v) is 5.47. The van der Waals surface area contributed by atoms with E-state index in [1.54, 1.807) is 52.1 Å². The van der Waals surface area contributed by atoms with Crippen molar-refractivity contribution in [1.82, 2.24) is 24.0 Å². The summed E-state index contributed by atoms with van der Waals surface area (Å²) in [5.41, 5.74) is 2.36. The molecule has 0 aromatic carbocycles. The first-order valence-electron chi connectivity index (χ1n) is 14.7. The van der Waals surface area contributed by atoms with Crippen LogP contribution in [0.25, 0.3) is 0 Å². The molecule has 5 rings (SSSR count). The molecule has 0 bridgehead atoms. The highest BCUT2D eigenvalue weighted by molar-refractivity contribution is 6.07. The molecule has 0 atom stereocenters.